The zero-order chi connectivity index (χ0) is 59.7. The van der Waals surface area contributed by atoms with Crippen molar-refractivity contribution in [3.8, 4) is 0 Å². The fourth-order valence-electron chi connectivity index (χ4n) is 9.92. The fraction of sp³-hybridized carbons (Fsp3) is 0.828. The molecule has 1 saturated carbocycles. The monoisotopic (exact) mass is 1120 g/mol. The van der Waals surface area contributed by atoms with Crippen LogP contribution in [0.2, 0.25) is 0 Å². The lowest BCUT2D eigenvalue weighted by Gasteiger charge is -2.35. The molecule has 2 aliphatic rings. The minimum atomic E-state index is -1.63. The van der Waals surface area contributed by atoms with E-state index in [2.05, 4.69) is 54.8 Å². The van der Waals surface area contributed by atoms with E-state index in [0.29, 0.717) is 45.1 Å². The van der Waals surface area contributed by atoms with Crippen molar-refractivity contribution in [3.05, 3.63) is 0 Å². The molecule has 452 valence electrons. The van der Waals surface area contributed by atoms with E-state index in [0.717, 1.165) is 64.2 Å². The molecule has 1 aliphatic heterocycles. The van der Waals surface area contributed by atoms with Gasteiger partial charge < -0.3 is 57.9 Å². The van der Waals surface area contributed by atoms with Gasteiger partial charge in [0.2, 0.25) is 59.1 Å². The van der Waals surface area contributed by atoms with E-state index in [4.69, 9.17) is 0 Å². The predicted molar refractivity (Wildman–Crippen MR) is 304 cm³/mol. The number of hydrogen-bond donors (Lipinski definition) is 10. The summed E-state index contributed by atoms with van der Waals surface area (Å²) in [6.45, 7) is 22.3. The second kappa shape index (κ2) is 34.1. The molecule has 21 nitrogen and oxygen atoms in total. The van der Waals surface area contributed by atoms with Crippen LogP contribution in [0.15, 0.2) is 0 Å². The molecular formula is C58H104N10O11. The van der Waals surface area contributed by atoms with Gasteiger partial charge in [0.1, 0.15) is 46.8 Å². The molecule has 6 atom stereocenters. The van der Waals surface area contributed by atoms with Gasteiger partial charge in [-0.2, -0.15) is 0 Å². The quantitative estimate of drug-likeness (QED) is 0.0401. The summed E-state index contributed by atoms with van der Waals surface area (Å²) >= 11 is 0. The van der Waals surface area contributed by atoms with Gasteiger partial charge in [0.25, 0.3) is 0 Å². The highest BCUT2D eigenvalue weighted by Crippen LogP contribution is 2.28. The Morgan fingerprint density at radius 3 is 1.63 bits per heavy atom. The SMILES string of the molecule is CCCCCCCC[C@H](NC(=O)C(C)(C)NC(=O)C(C)(C)NC(=O)[C@H](CC1CCCCC1)NC(=O)[C@@H]1CCCN1C(=O)CCC)C(=O)N[C@@H](CC(C)C)C(=O)NC(C)(C)C(=O)N[C@@H](CC(C)C)C(=O)NCCC(=O)N[C@@H](C)CO. The number of nitrogens with one attached hydrogen (secondary N) is 9. The number of carbonyl (C=O) groups excluding carboxylic acids is 10. The standard InChI is InChI=1S/C58H104N10O11/c1-14-16-17-18-19-23-28-41(49(73)61-43(34-38(5)6)50(74)65-56(8,9)53(77)64-42(33-37(3)4)48(72)59-31-30-46(70)60-39(7)36-69)63-54(78)57(10,11)67-55(79)58(12,13)66-51(75)44(35-40-26-21-20-22-27-40)62-52(76)45-29-24-32-68(45)47(71)25-15-2/h37-45,69H,14-36H2,1-13H3,(H,59,72)(H,60,70)(H,61,73)(H,62,76)(H,63,78)(H,64,77)(H,65,74)(H,66,75)(H,67,79)/t39-,41-,42-,43-,44-,45-/m0/s1. The summed E-state index contributed by atoms with van der Waals surface area (Å²) in [6, 6.07) is -5.40. The molecule has 1 heterocycles. The van der Waals surface area contributed by atoms with Crippen molar-refractivity contribution in [2.24, 2.45) is 17.8 Å². The molecule has 0 aromatic heterocycles. The highest BCUT2D eigenvalue weighted by molar-refractivity contribution is 6.00. The lowest BCUT2D eigenvalue weighted by Crippen LogP contribution is -2.66. The van der Waals surface area contributed by atoms with E-state index in [-0.39, 0.29) is 68.4 Å². The largest absolute Gasteiger partial charge is 0.394 e. The van der Waals surface area contributed by atoms with Crippen molar-refractivity contribution in [1.29, 1.82) is 0 Å². The molecule has 0 unspecified atom stereocenters. The highest BCUT2D eigenvalue weighted by Gasteiger charge is 2.42. The molecule has 0 radical (unpaired) electrons. The molecule has 79 heavy (non-hydrogen) atoms. The lowest BCUT2D eigenvalue weighted by molar-refractivity contribution is -0.141. The highest BCUT2D eigenvalue weighted by atomic mass is 16.3. The van der Waals surface area contributed by atoms with Crippen molar-refractivity contribution in [2.45, 2.75) is 271 Å². The number of likely N-dealkylation sites (tertiary alicyclic amines) is 1. The van der Waals surface area contributed by atoms with Crippen LogP contribution in [-0.2, 0) is 47.9 Å². The summed E-state index contributed by atoms with van der Waals surface area (Å²) in [4.78, 5) is 139. The lowest BCUT2D eigenvalue weighted by atomic mass is 9.84. The minimum absolute atomic E-state index is 0.0104. The Kier molecular flexibility index (Phi) is 30.1. The molecule has 0 aromatic rings. The normalized spacial score (nSPS) is 17.1. The maximum Gasteiger partial charge on any atom is 0.246 e. The molecule has 2 fully saturated rings. The van der Waals surface area contributed by atoms with Crippen molar-refractivity contribution in [1.82, 2.24) is 52.8 Å². The van der Waals surface area contributed by atoms with Gasteiger partial charge >= 0.3 is 0 Å². The summed E-state index contributed by atoms with van der Waals surface area (Å²) in [5.74, 6) is -5.25. The molecule has 0 bridgehead atoms. The van der Waals surface area contributed by atoms with Crippen LogP contribution in [0.5, 0.6) is 0 Å². The number of carbonyl (C=O) groups is 10. The van der Waals surface area contributed by atoms with Crippen LogP contribution in [-0.4, -0.2) is 142 Å². The topological polar surface area (TPSA) is 302 Å². The fourth-order valence-corrected chi connectivity index (χ4v) is 9.92. The first kappa shape index (κ1) is 69.8. The molecule has 0 aromatic carbocycles. The van der Waals surface area contributed by atoms with Gasteiger partial charge in [0.05, 0.1) is 6.61 Å². The van der Waals surface area contributed by atoms with Crippen LogP contribution >= 0.6 is 0 Å². The number of amides is 10. The molecule has 1 aliphatic carbocycles. The van der Waals surface area contributed by atoms with E-state index >= 15 is 0 Å². The Morgan fingerprint density at radius 2 is 1.06 bits per heavy atom. The molecule has 21 heteroatoms. The van der Waals surface area contributed by atoms with E-state index in [9.17, 15) is 53.1 Å². The Morgan fingerprint density at radius 1 is 0.532 bits per heavy atom. The summed E-state index contributed by atoms with van der Waals surface area (Å²) in [7, 11) is 0. The van der Waals surface area contributed by atoms with E-state index in [1.54, 1.807) is 11.8 Å². The van der Waals surface area contributed by atoms with Crippen LogP contribution in [0.1, 0.15) is 218 Å². The van der Waals surface area contributed by atoms with E-state index in [1.807, 2.05) is 34.6 Å². The van der Waals surface area contributed by atoms with Crippen molar-refractivity contribution < 1.29 is 53.1 Å². The number of hydrogen-bond acceptors (Lipinski definition) is 11. The van der Waals surface area contributed by atoms with Crippen LogP contribution in [0.3, 0.4) is 0 Å². The number of rotatable bonds is 35. The predicted octanol–water partition coefficient (Wildman–Crippen LogP) is 4.22. The summed E-state index contributed by atoms with van der Waals surface area (Å²) in [5.41, 5.74) is -4.79. The molecule has 10 N–H and O–H groups in total. The first-order valence-corrected chi connectivity index (χ1v) is 29.6. The van der Waals surface area contributed by atoms with Crippen LogP contribution in [0.4, 0.5) is 0 Å². The third-order valence-electron chi connectivity index (χ3n) is 14.7. The zero-order valence-electron chi connectivity index (χ0n) is 50.4. The van der Waals surface area contributed by atoms with Crippen molar-refractivity contribution >= 4 is 59.1 Å². The van der Waals surface area contributed by atoms with Crippen molar-refractivity contribution in [2.75, 3.05) is 19.7 Å². The Bertz CT molecular complexity index is 2020. The Balaban J connectivity index is 2.28. The second-order valence-electron chi connectivity index (χ2n) is 24.7. The van der Waals surface area contributed by atoms with Gasteiger partial charge in [-0.05, 0) is 111 Å². The number of unbranched alkanes of at least 4 members (excludes halogenated alkanes) is 5. The molecule has 2 rings (SSSR count). The van der Waals surface area contributed by atoms with Crippen LogP contribution in [0.25, 0.3) is 0 Å². The van der Waals surface area contributed by atoms with E-state index in [1.165, 1.54) is 41.5 Å². The van der Waals surface area contributed by atoms with Crippen molar-refractivity contribution in [3.63, 3.8) is 0 Å². The average Bonchev–Trinajstić information content (AvgIpc) is 3.87. The number of aliphatic hydroxyl groups excluding tert-OH is 1. The van der Waals surface area contributed by atoms with Gasteiger partial charge in [-0.25, -0.2) is 0 Å². The average molecular weight is 1120 g/mol. The Hall–Kier alpha value is -5.34. The first-order chi connectivity index (χ1) is 37.0. The molecule has 1 saturated heterocycles. The summed E-state index contributed by atoms with van der Waals surface area (Å²) in [6.07, 6.45) is 13.4. The van der Waals surface area contributed by atoms with Gasteiger partial charge in [-0.15, -0.1) is 0 Å². The summed E-state index contributed by atoms with van der Waals surface area (Å²) in [5, 5.41) is 34.3. The number of nitrogens with zero attached hydrogens (tertiary/aromatic N) is 1. The zero-order valence-corrected chi connectivity index (χ0v) is 50.4. The van der Waals surface area contributed by atoms with Crippen LogP contribution < -0.4 is 47.9 Å². The molecule has 0 spiro atoms. The number of aliphatic hydroxyl groups is 1. The molecule has 10 amide bonds. The second-order valence-corrected chi connectivity index (χ2v) is 24.7. The minimum Gasteiger partial charge on any atom is -0.394 e. The summed E-state index contributed by atoms with van der Waals surface area (Å²) < 4.78 is 0. The van der Waals surface area contributed by atoms with Gasteiger partial charge in [-0.3, -0.25) is 47.9 Å². The smallest absolute Gasteiger partial charge is 0.246 e. The van der Waals surface area contributed by atoms with Crippen LogP contribution in [0, 0.1) is 17.8 Å². The Labute approximate surface area is 472 Å². The third kappa shape index (κ3) is 24.9. The van der Waals surface area contributed by atoms with Gasteiger partial charge in [-0.1, -0.05) is 112 Å². The first-order valence-electron chi connectivity index (χ1n) is 29.6. The maximum absolute atomic E-state index is 14.4. The third-order valence-corrected chi connectivity index (χ3v) is 14.7. The maximum atomic E-state index is 14.4. The molecular weight excluding hydrogens is 1010 g/mol. The van der Waals surface area contributed by atoms with Gasteiger partial charge in [0.15, 0.2) is 0 Å². The van der Waals surface area contributed by atoms with Gasteiger partial charge in [0, 0.05) is 32.0 Å². The van der Waals surface area contributed by atoms with E-state index < -0.39 is 100 Å².